The van der Waals surface area contributed by atoms with Crippen molar-refractivity contribution in [2.24, 2.45) is 5.14 Å². The summed E-state index contributed by atoms with van der Waals surface area (Å²) in [7, 11) is -3.90. The summed E-state index contributed by atoms with van der Waals surface area (Å²) in [5, 5.41) is 18.2. The Morgan fingerprint density at radius 1 is 1.14 bits per heavy atom. The highest BCUT2D eigenvalue weighted by Crippen LogP contribution is 2.14. The van der Waals surface area contributed by atoms with E-state index in [-0.39, 0.29) is 16.1 Å². The van der Waals surface area contributed by atoms with E-state index in [2.05, 4.69) is 20.8 Å². The van der Waals surface area contributed by atoms with Crippen molar-refractivity contribution >= 4 is 27.6 Å². The number of anilines is 1. The Kier molecular flexibility index (Phi) is 5.42. The molecular weight excluding hydrogens is 388 g/mol. The van der Waals surface area contributed by atoms with Crippen LogP contribution >= 0.6 is 0 Å². The van der Waals surface area contributed by atoms with E-state index >= 15 is 0 Å². The summed E-state index contributed by atoms with van der Waals surface area (Å²) in [6, 6.07) is 11.7. The van der Waals surface area contributed by atoms with Crippen LogP contribution in [0.15, 0.2) is 59.8 Å². The van der Waals surface area contributed by atoms with E-state index in [1.165, 1.54) is 47.4 Å². The molecule has 3 rings (SSSR count). The molecule has 0 radical (unpaired) electrons. The van der Waals surface area contributed by atoms with Gasteiger partial charge in [0.15, 0.2) is 6.61 Å². The molecule has 0 bridgehead atoms. The summed E-state index contributed by atoms with van der Waals surface area (Å²) in [4.78, 5) is 24.0. The van der Waals surface area contributed by atoms with Gasteiger partial charge in [0.05, 0.1) is 16.1 Å². The molecule has 1 amide bonds. The first kappa shape index (κ1) is 19.1. The molecule has 0 aliphatic carbocycles. The molecule has 0 aliphatic heterocycles. The fraction of sp³-hybridized carbons (Fsp3) is 0.0625. The number of esters is 1. The van der Waals surface area contributed by atoms with Crippen LogP contribution in [0.25, 0.3) is 5.69 Å². The van der Waals surface area contributed by atoms with Crippen LogP contribution in [0.1, 0.15) is 10.4 Å². The van der Waals surface area contributed by atoms with Gasteiger partial charge in [-0.25, -0.2) is 23.0 Å². The van der Waals surface area contributed by atoms with E-state index < -0.39 is 28.5 Å². The number of amides is 1. The van der Waals surface area contributed by atoms with Crippen molar-refractivity contribution in [3.8, 4) is 5.69 Å². The zero-order valence-electron chi connectivity index (χ0n) is 14.2. The third-order valence-corrected chi connectivity index (χ3v) is 4.39. The number of hydrogen-bond acceptors (Lipinski definition) is 8. The minimum atomic E-state index is -3.90. The first-order valence-electron chi connectivity index (χ1n) is 7.76. The summed E-state index contributed by atoms with van der Waals surface area (Å²) in [5.74, 6) is -1.36. The summed E-state index contributed by atoms with van der Waals surface area (Å²) in [6.07, 6.45) is 1.37. The van der Waals surface area contributed by atoms with Crippen LogP contribution in [-0.4, -0.2) is 47.1 Å². The quantitative estimate of drug-likeness (QED) is 0.549. The standard InChI is InChI=1S/C16H14N6O5S/c17-28(25,26)14-6-2-4-12(8-14)19-15(23)9-27-16(24)11-3-1-5-13(7-11)22-10-18-20-21-22/h1-8,10H,9H2,(H,19,23)(H2,17,25,26). The molecule has 0 unspecified atom stereocenters. The molecular formula is C16H14N6O5S. The molecule has 0 atom stereocenters. The first-order valence-corrected chi connectivity index (χ1v) is 9.31. The molecule has 0 saturated carbocycles. The monoisotopic (exact) mass is 402 g/mol. The molecule has 3 N–H and O–H groups in total. The number of nitrogens with two attached hydrogens (primary N) is 1. The van der Waals surface area contributed by atoms with Crippen molar-refractivity contribution in [1.29, 1.82) is 0 Å². The number of nitrogens with one attached hydrogen (secondary N) is 1. The van der Waals surface area contributed by atoms with E-state index in [1.807, 2.05) is 0 Å². The molecule has 11 nitrogen and oxygen atoms in total. The second-order valence-electron chi connectivity index (χ2n) is 5.50. The average Bonchev–Trinajstić information content (AvgIpc) is 3.20. The predicted molar refractivity (Wildman–Crippen MR) is 95.9 cm³/mol. The van der Waals surface area contributed by atoms with Crippen LogP contribution in [0.3, 0.4) is 0 Å². The lowest BCUT2D eigenvalue weighted by Crippen LogP contribution is -2.21. The predicted octanol–water partition coefficient (Wildman–Crippen LogP) is 0.105. The molecule has 144 valence electrons. The normalized spacial score (nSPS) is 11.0. The maximum absolute atomic E-state index is 12.1. The molecule has 0 saturated heterocycles. The maximum atomic E-state index is 12.1. The Balaban J connectivity index is 1.61. The van der Waals surface area contributed by atoms with Gasteiger partial charge in [-0.2, -0.15) is 0 Å². The smallest absolute Gasteiger partial charge is 0.338 e. The highest BCUT2D eigenvalue weighted by Gasteiger charge is 2.13. The lowest BCUT2D eigenvalue weighted by molar-refractivity contribution is -0.119. The van der Waals surface area contributed by atoms with Crippen molar-refractivity contribution in [1.82, 2.24) is 20.2 Å². The van der Waals surface area contributed by atoms with E-state index in [9.17, 15) is 18.0 Å². The number of carbonyl (C=O) groups excluding carboxylic acids is 2. The van der Waals surface area contributed by atoms with Gasteiger partial charge in [0, 0.05) is 5.69 Å². The Morgan fingerprint density at radius 3 is 2.64 bits per heavy atom. The summed E-state index contributed by atoms with van der Waals surface area (Å²) in [6.45, 7) is -0.562. The van der Waals surface area contributed by atoms with Crippen molar-refractivity contribution in [2.45, 2.75) is 4.90 Å². The molecule has 2 aromatic carbocycles. The number of primary sulfonamides is 1. The van der Waals surface area contributed by atoms with E-state index in [4.69, 9.17) is 9.88 Å². The Morgan fingerprint density at radius 2 is 1.93 bits per heavy atom. The van der Waals surface area contributed by atoms with E-state index in [0.29, 0.717) is 5.69 Å². The fourth-order valence-electron chi connectivity index (χ4n) is 2.22. The zero-order valence-corrected chi connectivity index (χ0v) is 15.0. The molecule has 1 heterocycles. The number of ether oxygens (including phenoxy) is 1. The highest BCUT2D eigenvalue weighted by atomic mass is 32.2. The van der Waals surface area contributed by atoms with Crippen LogP contribution in [0.4, 0.5) is 5.69 Å². The SMILES string of the molecule is NS(=O)(=O)c1cccc(NC(=O)COC(=O)c2cccc(-n3cnnn3)c2)c1. The second kappa shape index (κ2) is 7.94. The van der Waals surface area contributed by atoms with Crippen molar-refractivity contribution in [3.05, 3.63) is 60.4 Å². The molecule has 1 aromatic heterocycles. The molecule has 3 aromatic rings. The van der Waals surface area contributed by atoms with Crippen LogP contribution in [0, 0.1) is 0 Å². The van der Waals surface area contributed by atoms with Gasteiger partial charge in [0.1, 0.15) is 6.33 Å². The second-order valence-corrected chi connectivity index (χ2v) is 7.06. The van der Waals surface area contributed by atoms with Gasteiger partial charge in [0.25, 0.3) is 5.91 Å². The number of sulfonamides is 1. The maximum Gasteiger partial charge on any atom is 0.338 e. The number of hydrogen-bond donors (Lipinski definition) is 2. The van der Waals surface area contributed by atoms with Gasteiger partial charge in [0.2, 0.25) is 10.0 Å². The summed E-state index contributed by atoms with van der Waals surface area (Å²) in [5.41, 5.74) is 0.953. The molecule has 0 spiro atoms. The number of carbonyl (C=O) groups is 2. The van der Waals surface area contributed by atoms with E-state index in [1.54, 1.807) is 12.1 Å². The minimum Gasteiger partial charge on any atom is -0.452 e. The number of benzene rings is 2. The highest BCUT2D eigenvalue weighted by molar-refractivity contribution is 7.89. The molecule has 0 fully saturated rings. The Labute approximate surface area is 159 Å². The van der Waals surface area contributed by atoms with Crippen molar-refractivity contribution in [3.63, 3.8) is 0 Å². The molecule has 0 aliphatic rings. The number of aromatic nitrogens is 4. The van der Waals surface area contributed by atoms with Gasteiger partial charge < -0.3 is 10.1 Å². The Bertz CT molecular complexity index is 1110. The van der Waals surface area contributed by atoms with Crippen LogP contribution in [-0.2, 0) is 19.6 Å². The minimum absolute atomic E-state index is 0.151. The summed E-state index contributed by atoms with van der Waals surface area (Å²) >= 11 is 0. The van der Waals surface area contributed by atoms with E-state index in [0.717, 1.165) is 0 Å². The number of nitrogens with zero attached hydrogens (tertiary/aromatic N) is 4. The van der Waals surface area contributed by atoms with Gasteiger partial charge in [-0.1, -0.05) is 12.1 Å². The lowest BCUT2D eigenvalue weighted by atomic mass is 10.2. The van der Waals surface area contributed by atoms with Crippen molar-refractivity contribution in [2.75, 3.05) is 11.9 Å². The van der Waals surface area contributed by atoms with Crippen LogP contribution < -0.4 is 10.5 Å². The zero-order chi connectivity index (χ0) is 20.1. The van der Waals surface area contributed by atoms with Gasteiger partial charge in [-0.15, -0.1) is 5.10 Å². The average molecular weight is 402 g/mol. The fourth-order valence-corrected chi connectivity index (χ4v) is 2.78. The number of tetrazole rings is 1. The Hall–Kier alpha value is -3.64. The van der Waals surface area contributed by atoms with Crippen LogP contribution in [0.2, 0.25) is 0 Å². The third kappa shape index (κ3) is 4.75. The summed E-state index contributed by atoms with van der Waals surface area (Å²) < 4.78 is 29.0. The molecule has 12 heteroatoms. The lowest BCUT2D eigenvalue weighted by Gasteiger charge is -2.08. The number of rotatable bonds is 6. The largest absolute Gasteiger partial charge is 0.452 e. The van der Waals surface area contributed by atoms with Crippen molar-refractivity contribution < 1.29 is 22.7 Å². The first-order chi connectivity index (χ1) is 13.3. The topological polar surface area (TPSA) is 159 Å². The van der Waals surface area contributed by atoms with Gasteiger partial charge in [-0.05, 0) is 46.8 Å². The van der Waals surface area contributed by atoms with Crippen LogP contribution in [0.5, 0.6) is 0 Å². The third-order valence-electron chi connectivity index (χ3n) is 3.48. The van der Waals surface area contributed by atoms with Gasteiger partial charge in [-0.3, -0.25) is 4.79 Å². The van der Waals surface area contributed by atoms with Gasteiger partial charge >= 0.3 is 5.97 Å². The molecule has 28 heavy (non-hydrogen) atoms.